The van der Waals surface area contributed by atoms with Crippen LogP contribution in [0.15, 0.2) is 36.8 Å². The highest BCUT2D eigenvalue weighted by Gasteiger charge is 2.11. The van der Waals surface area contributed by atoms with E-state index in [2.05, 4.69) is 16.0 Å². The molecule has 0 aliphatic rings. The average molecular weight is 224 g/mol. The van der Waals surface area contributed by atoms with Gasteiger partial charge in [-0.3, -0.25) is 0 Å². The van der Waals surface area contributed by atoms with Gasteiger partial charge in [0.05, 0.1) is 6.20 Å². The lowest BCUT2D eigenvalue weighted by atomic mass is 10.2. The molecule has 0 saturated carbocycles. The Kier molecular flexibility index (Phi) is 3.01. The molecule has 0 aliphatic carbocycles. The minimum Gasteiger partial charge on any atom is -0.328 e. The Bertz CT molecular complexity index is 572. The van der Waals surface area contributed by atoms with Gasteiger partial charge in [0.1, 0.15) is 18.0 Å². The summed E-state index contributed by atoms with van der Waals surface area (Å²) in [7, 11) is 1.89. The second kappa shape index (κ2) is 4.62. The molecule has 4 nitrogen and oxygen atoms in total. The molecule has 17 heavy (non-hydrogen) atoms. The van der Waals surface area contributed by atoms with Crippen molar-refractivity contribution in [3.05, 3.63) is 47.9 Å². The first-order valence-electron chi connectivity index (χ1n) is 5.23. The van der Waals surface area contributed by atoms with E-state index in [1.807, 2.05) is 43.1 Å². The van der Waals surface area contributed by atoms with Crippen LogP contribution in [0.25, 0.3) is 0 Å². The first-order chi connectivity index (χ1) is 8.24. The number of aryl methyl sites for hydroxylation is 1. The summed E-state index contributed by atoms with van der Waals surface area (Å²) in [5.41, 5.74) is 2.64. The zero-order chi connectivity index (χ0) is 12.3. The first-order valence-corrected chi connectivity index (χ1v) is 5.23. The molecule has 0 N–H and O–H groups in total. The van der Waals surface area contributed by atoms with Crippen molar-refractivity contribution in [3.63, 3.8) is 0 Å². The van der Waals surface area contributed by atoms with E-state index >= 15 is 0 Å². The number of benzene rings is 1. The maximum absolute atomic E-state index is 9.03. The summed E-state index contributed by atoms with van der Waals surface area (Å²) in [5, 5.41) is 9.03. The lowest BCUT2D eigenvalue weighted by molar-refractivity contribution is 1.06. The third kappa shape index (κ3) is 2.08. The normalized spacial score (nSPS) is 9.71. The monoisotopic (exact) mass is 224 g/mol. The summed E-state index contributed by atoms with van der Waals surface area (Å²) in [6.07, 6.45) is 2.97. The zero-order valence-electron chi connectivity index (χ0n) is 9.75. The predicted octanol–water partition coefficient (Wildman–Crippen LogP) is 2.42. The maximum Gasteiger partial charge on any atom is 0.154 e. The largest absolute Gasteiger partial charge is 0.328 e. The number of rotatable bonds is 2. The van der Waals surface area contributed by atoms with Crippen LogP contribution in [0.1, 0.15) is 11.1 Å². The zero-order valence-corrected chi connectivity index (χ0v) is 9.75. The van der Waals surface area contributed by atoms with E-state index in [9.17, 15) is 0 Å². The molecule has 0 spiro atoms. The fraction of sp³-hybridized carbons (Fsp3) is 0.154. The lowest BCUT2D eigenvalue weighted by Gasteiger charge is -2.20. The number of hydrogen-bond acceptors (Lipinski definition) is 4. The molecule has 0 saturated heterocycles. The Morgan fingerprint density at radius 1 is 1.29 bits per heavy atom. The number of nitrogens with zero attached hydrogens (tertiary/aromatic N) is 4. The van der Waals surface area contributed by atoms with Gasteiger partial charge >= 0.3 is 0 Å². The Morgan fingerprint density at radius 2 is 2.06 bits per heavy atom. The highest BCUT2D eigenvalue weighted by molar-refractivity contribution is 5.66. The van der Waals surface area contributed by atoms with Gasteiger partial charge in [-0.05, 0) is 18.6 Å². The third-order valence-corrected chi connectivity index (χ3v) is 2.61. The van der Waals surface area contributed by atoms with Crippen molar-refractivity contribution in [1.82, 2.24) is 9.97 Å². The van der Waals surface area contributed by atoms with Crippen LogP contribution < -0.4 is 4.90 Å². The van der Waals surface area contributed by atoms with E-state index in [4.69, 9.17) is 5.26 Å². The van der Waals surface area contributed by atoms with Crippen LogP contribution in [0.4, 0.5) is 11.5 Å². The molecular formula is C13H12N4. The Balaban J connectivity index is 2.48. The van der Waals surface area contributed by atoms with Crippen LogP contribution in [-0.4, -0.2) is 17.0 Å². The van der Waals surface area contributed by atoms with Gasteiger partial charge in [0.25, 0.3) is 0 Å². The molecule has 1 aromatic carbocycles. The van der Waals surface area contributed by atoms with Gasteiger partial charge < -0.3 is 4.90 Å². The van der Waals surface area contributed by atoms with Gasteiger partial charge in [0.2, 0.25) is 0 Å². The number of para-hydroxylation sites is 1. The molecule has 0 unspecified atom stereocenters. The molecule has 0 radical (unpaired) electrons. The average Bonchev–Trinajstić information content (AvgIpc) is 2.38. The van der Waals surface area contributed by atoms with Gasteiger partial charge in [0, 0.05) is 12.7 Å². The smallest absolute Gasteiger partial charge is 0.154 e. The predicted molar refractivity (Wildman–Crippen MR) is 66.0 cm³/mol. The van der Waals surface area contributed by atoms with E-state index in [0.29, 0.717) is 11.4 Å². The van der Waals surface area contributed by atoms with E-state index in [0.717, 1.165) is 11.3 Å². The van der Waals surface area contributed by atoms with Crippen molar-refractivity contribution in [2.24, 2.45) is 0 Å². The van der Waals surface area contributed by atoms with Gasteiger partial charge in [-0.2, -0.15) is 5.26 Å². The van der Waals surface area contributed by atoms with Crippen molar-refractivity contribution >= 4 is 11.5 Å². The summed E-state index contributed by atoms with van der Waals surface area (Å²) >= 11 is 0. The Morgan fingerprint density at radius 3 is 2.76 bits per heavy atom. The van der Waals surface area contributed by atoms with Crippen molar-refractivity contribution in [2.45, 2.75) is 6.92 Å². The van der Waals surface area contributed by atoms with Crippen LogP contribution in [-0.2, 0) is 0 Å². The van der Waals surface area contributed by atoms with Crippen LogP contribution in [0.2, 0.25) is 0 Å². The second-order valence-corrected chi connectivity index (χ2v) is 3.72. The number of nitriles is 1. The van der Waals surface area contributed by atoms with Crippen molar-refractivity contribution in [2.75, 3.05) is 11.9 Å². The summed E-state index contributed by atoms with van der Waals surface area (Å²) in [6.45, 7) is 2.03. The molecule has 0 atom stereocenters. The van der Waals surface area contributed by atoms with Crippen LogP contribution in [0.3, 0.4) is 0 Å². The van der Waals surface area contributed by atoms with Crippen molar-refractivity contribution in [1.29, 1.82) is 5.26 Å². The first kappa shape index (κ1) is 11.1. The summed E-state index contributed by atoms with van der Waals surface area (Å²) in [5.74, 6) is 0.622. The molecule has 4 heteroatoms. The Labute approximate surface area is 100 Å². The third-order valence-electron chi connectivity index (χ3n) is 2.61. The molecule has 0 aliphatic heterocycles. The highest BCUT2D eigenvalue weighted by atomic mass is 15.2. The quantitative estimate of drug-likeness (QED) is 0.786. The fourth-order valence-electron chi connectivity index (χ4n) is 1.72. The summed E-state index contributed by atoms with van der Waals surface area (Å²) < 4.78 is 0. The minimum atomic E-state index is 0.471. The van der Waals surface area contributed by atoms with Crippen molar-refractivity contribution in [3.8, 4) is 6.07 Å². The van der Waals surface area contributed by atoms with Crippen molar-refractivity contribution < 1.29 is 0 Å². The molecule has 0 amide bonds. The molecule has 2 aromatic rings. The highest BCUT2D eigenvalue weighted by Crippen LogP contribution is 2.26. The lowest BCUT2D eigenvalue weighted by Crippen LogP contribution is -2.14. The molecule has 1 heterocycles. The van der Waals surface area contributed by atoms with E-state index in [1.54, 1.807) is 0 Å². The van der Waals surface area contributed by atoms with Crippen LogP contribution in [0, 0.1) is 18.3 Å². The van der Waals surface area contributed by atoms with E-state index in [1.165, 1.54) is 12.5 Å². The van der Waals surface area contributed by atoms with E-state index < -0.39 is 0 Å². The standard InChI is InChI=1S/C13H12N4/c1-10-5-3-4-6-12(10)17(2)13-11(7-14)8-15-9-16-13/h3-6,8-9H,1-2H3. The molecule has 0 bridgehead atoms. The van der Waals surface area contributed by atoms with Gasteiger partial charge in [-0.1, -0.05) is 18.2 Å². The van der Waals surface area contributed by atoms with Crippen LogP contribution in [0.5, 0.6) is 0 Å². The number of hydrogen-bond donors (Lipinski definition) is 0. The molecule has 0 fully saturated rings. The molecule has 2 rings (SSSR count). The second-order valence-electron chi connectivity index (χ2n) is 3.72. The van der Waals surface area contributed by atoms with Crippen LogP contribution >= 0.6 is 0 Å². The summed E-state index contributed by atoms with van der Waals surface area (Å²) in [4.78, 5) is 9.91. The van der Waals surface area contributed by atoms with Gasteiger partial charge in [-0.25, -0.2) is 9.97 Å². The SMILES string of the molecule is Cc1ccccc1N(C)c1ncncc1C#N. The minimum absolute atomic E-state index is 0.471. The van der Waals surface area contributed by atoms with E-state index in [-0.39, 0.29) is 0 Å². The molecule has 84 valence electrons. The fourth-order valence-corrected chi connectivity index (χ4v) is 1.72. The molecular weight excluding hydrogens is 212 g/mol. The number of anilines is 2. The molecule has 1 aromatic heterocycles. The van der Waals surface area contributed by atoms with Gasteiger partial charge in [0.15, 0.2) is 5.82 Å². The van der Waals surface area contributed by atoms with Gasteiger partial charge in [-0.15, -0.1) is 0 Å². The number of aromatic nitrogens is 2. The maximum atomic E-state index is 9.03. The summed E-state index contributed by atoms with van der Waals surface area (Å²) in [6, 6.07) is 10.1. The Hall–Kier alpha value is -2.41. The topological polar surface area (TPSA) is 52.8 Å².